The van der Waals surface area contributed by atoms with E-state index in [4.69, 9.17) is 9.47 Å². The van der Waals surface area contributed by atoms with E-state index in [1.165, 1.54) is 38.1 Å². The quantitative estimate of drug-likeness (QED) is 0.499. The summed E-state index contributed by atoms with van der Waals surface area (Å²) >= 11 is 0. The minimum absolute atomic E-state index is 0.155. The van der Waals surface area contributed by atoms with Gasteiger partial charge in [0.05, 0.1) is 9.52 Å². The lowest BCUT2D eigenvalue weighted by Crippen LogP contribution is -2.23. The van der Waals surface area contributed by atoms with E-state index in [9.17, 15) is 0 Å². The van der Waals surface area contributed by atoms with Crippen LogP contribution in [-0.4, -0.2) is 29.7 Å². The molecular formula is C10H22O2Si. The Bertz CT molecular complexity index is 120. The van der Waals surface area contributed by atoms with E-state index < -0.39 is 0 Å². The van der Waals surface area contributed by atoms with Gasteiger partial charge in [0, 0.05) is 14.2 Å². The third kappa shape index (κ3) is 4.25. The zero-order valence-electron chi connectivity index (χ0n) is 8.92. The fourth-order valence-corrected chi connectivity index (χ4v) is 3.97. The molecule has 1 aliphatic carbocycles. The van der Waals surface area contributed by atoms with Gasteiger partial charge >= 0.3 is 0 Å². The number of ether oxygens (including phenoxy) is 2. The number of hydrogen-bond donors (Lipinski definition) is 0. The summed E-state index contributed by atoms with van der Waals surface area (Å²) in [6.45, 7) is 0. The first-order valence-electron chi connectivity index (χ1n) is 5.42. The van der Waals surface area contributed by atoms with Gasteiger partial charge in [-0.1, -0.05) is 38.1 Å². The number of rotatable bonds is 5. The summed E-state index contributed by atoms with van der Waals surface area (Å²) in [5.74, 6) is 1.15. The highest BCUT2D eigenvalue weighted by Gasteiger charge is 2.15. The van der Waals surface area contributed by atoms with Gasteiger partial charge in [-0.25, -0.2) is 0 Å². The molecule has 0 unspecified atom stereocenters. The molecule has 2 nitrogen and oxygen atoms in total. The van der Waals surface area contributed by atoms with Crippen molar-refractivity contribution in [3.05, 3.63) is 0 Å². The van der Waals surface area contributed by atoms with E-state index in [1.807, 2.05) is 0 Å². The maximum atomic E-state index is 5.23. The van der Waals surface area contributed by atoms with E-state index in [0.29, 0.717) is 0 Å². The second-order valence-electron chi connectivity index (χ2n) is 3.98. The average molecular weight is 202 g/mol. The third-order valence-electron chi connectivity index (χ3n) is 3.06. The van der Waals surface area contributed by atoms with E-state index in [2.05, 4.69) is 0 Å². The predicted octanol–water partition coefficient (Wildman–Crippen LogP) is 1.73. The molecule has 1 rings (SSSR count). The van der Waals surface area contributed by atoms with Crippen molar-refractivity contribution < 1.29 is 9.47 Å². The predicted molar refractivity (Wildman–Crippen MR) is 57.7 cm³/mol. The highest BCUT2D eigenvalue weighted by molar-refractivity contribution is 6.36. The van der Waals surface area contributed by atoms with Gasteiger partial charge in [0.2, 0.25) is 0 Å². The molecule has 0 amide bonds. The zero-order valence-corrected chi connectivity index (χ0v) is 10.3. The maximum absolute atomic E-state index is 5.23. The number of hydrogen-bond acceptors (Lipinski definition) is 2. The fourth-order valence-electron chi connectivity index (χ4n) is 2.18. The van der Waals surface area contributed by atoms with Gasteiger partial charge in [-0.2, -0.15) is 0 Å². The van der Waals surface area contributed by atoms with E-state index >= 15 is 0 Å². The summed E-state index contributed by atoms with van der Waals surface area (Å²) in [6.07, 6.45) is 7.25. The molecule has 0 spiro atoms. The summed E-state index contributed by atoms with van der Waals surface area (Å²) in [5.41, 5.74) is 0. The molecule has 0 saturated heterocycles. The molecule has 3 heteroatoms. The molecule has 0 bridgehead atoms. The zero-order chi connectivity index (χ0) is 9.52. The van der Waals surface area contributed by atoms with Gasteiger partial charge in [-0.3, -0.25) is 0 Å². The van der Waals surface area contributed by atoms with Gasteiger partial charge in [-0.15, -0.1) is 0 Å². The van der Waals surface area contributed by atoms with Crippen LogP contribution < -0.4 is 0 Å². The smallest absolute Gasteiger partial charge is 0.134 e. The van der Waals surface area contributed by atoms with E-state index in [1.54, 1.807) is 14.2 Å². The molecule has 1 fully saturated rings. The molecule has 0 radical (unpaired) electrons. The average Bonchev–Trinajstić information content (AvgIpc) is 2.21. The van der Waals surface area contributed by atoms with Crippen LogP contribution in [0.1, 0.15) is 32.1 Å². The summed E-state index contributed by atoms with van der Waals surface area (Å²) < 4.78 is 10.5. The number of methoxy groups -OCH3 is 2. The Hall–Kier alpha value is 0.137. The minimum atomic E-state index is -0.164. The maximum Gasteiger partial charge on any atom is 0.134 e. The van der Waals surface area contributed by atoms with Crippen LogP contribution in [0.2, 0.25) is 6.04 Å². The van der Waals surface area contributed by atoms with Crippen molar-refractivity contribution in [2.45, 2.75) is 44.1 Å². The second kappa shape index (κ2) is 6.57. The first-order valence-corrected chi connectivity index (χ1v) is 7.24. The Morgan fingerprint density at radius 3 is 2.31 bits per heavy atom. The van der Waals surface area contributed by atoms with Crippen molar-refractivity contribution in [2.24, 2.45) is 5.92 Å². The lowest BCUT2D eigenvalue weighted by atomic mass is 9.91. The first-order chi connectivity index (χ1) is 6.36. The Morgan fingerprint density at radius 1 is 1.15 bits per heavy atom. The summed E-state index contributed by atoms with van der Waals surface area (Å²) in [6, 6.07) is 1.41. The molecule has 0 aromatic heterocycles. The first kappa shape index (κ1) is 11.2. The van der Waals surface area contributed by atoms with Gasteiger partial charge in [0.25, 0.3) is 0 Å². The fraction of sp³-hybridized carbons (Fsp3) is 1.00. The second-order valence-corrected chi connectivity index (χ2v) is 5.80. The Balaban J connectivity index is 2.09. The molecule has 0 aromatic rings. The summed E-state index contributed by atoms with van der Waals surface area (Å²) in [7, 11) is 3.34. The van der Waals surface area contributed by atoms with Crippen molar-refractivity contribution in [3.8, 4) is 0 Å². The molecule has 0 aromatic carbocycles. The molecule has 0 heterocycles. The molecule has 0 aliphatic heterocycles. The highest BCUT2D eigenvalue weighted by atomic mass is 28.2. The Kier molecular flexibility index (Phi) is 5.67. The van der Waals surface area contributed by atoms with Gasteiger partial charge in [0.15, 0.2) is 0 Å². The third-order valence-corrected chi connectivity index (χ3v) is 5.35. The minimum Gasteiger partial charge on any atom is -0.360 e. The summed E-state index contributed by atoms with van der Waals surface area (Å²) in [5, 5.41) is 0. The van der Waals surface area contributed by atoms with Crippen LogP contribution in [0.3, 0.4) is 0 Å². The van der Waals surface area contributed by atoms with Gasteiger partial charge < -0.3 is 9.47 Å². The standard InChI is InChI=1S/C10H22O2Si/c1-11-10(12-2)13-8-9-6-4-3-5-7-9/h9-10H,3-8,13H2,1-2H3. The van der Waals surface area contributed by atoms with Crippen LogP contribution in [0.25, 0.3) is 0 Å². The van der Waals surface area contributed by atoms with Crippen LogP contribution in [0.4, 0.5) is 0 Å². The molecule has 1 aliphatic rings. The molecular weight excluding hydrogens is 180 g/mol. The van der Waals surface area contributed by atoms with Gasteiger partial charge in [-0.05, 0) is 5.92 Å². The lowest BCUT2D eigenvalue weighted by Gasteiger charge is -2.22. The van der Waals surface area contributed by atoms with Crippen molar-refractivity contribution >= 4 is 9.52 Å². The van der Waals surface area contributed by atoms with Crippen LogP contribution in [0.15, 0.2) is 0 Å². The van der Waals surface area contributed by atoms with Crippen molar-refractivity contribution in [1.29, 1.82) is 0 Å². The normalized spacial score (nSPS) is 20.5. The molecule has 0 atom stereocenters. The Morgan fingerprint density at radius 2 is 1.77 bits per heavy atom. The van der Waals surface area contributed by atoms with Crippen LogP contribution in [0, 0.1) is 5.92 Å². The molecule has 1 saturated carbocycles. The molecule has 78 valence electrons. The van der Waals surface area contributed by atoms with Crippen LogP contribution in [-0.2, 0) is 9.47 Å². The largest absolute Gasteiger partial charge is 0.360 e. The molecule has 13 heavy (non-hydrogen) atoms. The topological polar surface area (TPSA) is 18.5 Å². The van der Waals surface area contributed by atoms with E-state index in [0.717, 1.165) is 5.92 Å². The Labute approximate surface area is 83.8 Å². The van der Waals surface area contributed by atoms with Crippen LogP contribution in [0.5, 0.6) is 0 Å². The van der Waals surface area contributed by atoms with Gasteiger partial charge in [0.1, 0.15) is 5.91 Å². The van der Waals surface area contributed by atoms with E-state index in [-0.39, 0.29) is 15.4 Å². The van der Waals surface area contributed by atoms with Crippen molar-refractivity contribution in [3.63, 3.8) is 0 Å². The van der Waals surface area contributed by atoms with Crippen molar-refractivity contribution in [1.82, 2.24) is 0 Å². The highest BCUT2D eigenvalue weighted by Crippen LogP contribution is 2.26. The summed E-state index contributed by atoms with van der Waals surface area (Å²) in [4.78, 5) is 0. The monoisotopic (exact) mass is 202 g/mol. The molecule has 0 N–H and O–H groups in total. The SMILES string of the molecule is COC(OC)[SiH2]CC1CCCCC1. The van der Waals surface area contributed by atoms with Crippen LogP contribution >= 0.6 is 0 Å². The van der Waals surface area contributed by atoms with Crippen molar-refractivity contribution in [2.75, 3.05) is 14.2 Å². The lowest BCUT2D eigenvalue weighted by molar-refractivity contribution is -0.0444.